The Bertz CT molecular complexity index is 1290. The van der Waals surface area contributed by atoms with Crippen molar-refractivity contribution in [3.63, 3.8) is 0 Å². The van der Waals surface area contributed by atoms with Crippen molar-refractivity contribution in [3.8, 4) is 0 Å². The molecule has 0 spiro atoms. The molecule has 3 atom stereocenters. The van der Waals surface area contributed by atoms with E-state index < -0.39 is 46.9 Å². The van der Waals surface area contributed by atoms with E-state index in [1.807, 2.05) is 116 Å². The van der Waals surface area contributed by atoms with E-state index in [2.05, 4.69) is 5.32 Å². The second-order valence-electron chi connectivity index (χ2n) is 14.3. The predicted molar refractivity (Wildman–Crippen MR) is 184 cm³/mol. The van der Waals surface area contributed by atoms with Gasteiger partial charge in [-0.05, 0) is 56.6 Å². The Hall–Kier alpha value is -3.92. The number of hydrogen-bond donors (Lipinski definition) is 3. The third-order valence-electron chi connectivity index (χ3n) is 8.50. The van der Waals surface area contributed by atoms with E-state index in [0.29, 0.717) is 19.3 Å². The van der Waals surface area contributed by atoms with Crippen molar-refractivity contribution in [2.45, 2.75) is 111 Å². The fourth-order valence-corrected chi connectivity index (χ4v) is 5.56. The minimum Gasteiger partial charge on any atom is -0.445 e. The van der Waals surface area contributed by atoms with Crippen molar-refractivity contribution in [1.82, 2.24) is 15.1 Å². The lowest BCUT2D eigenvalue weighted by Gasteiger charge is -2.37. The summed E-state index contributed by atoms with van der Waals surface area (Å²) in [4.78, 5) is 55.8. The summed E-state index contributed by atoms with van der Waals surface area (Å²) in [7, 11) is 0. The van der Waals surface area contributed by atoms with E-state index in [1.54, 1.807) is 4.90 Å². The fraction of sp³-hybridized carbons (Fsp3) is 0.568. The van der Waals surface area contributed by atoms with Crippen LogP contribution in [0.1, 0.15) is 85.8 Å². The van der Waals surface area contributed by atoms with Crippen molar-refractivity contribution >= 4 is 23.8 Å². The van der Waals surface area contributed by atoms with Gasteiger partial charge >= 0.3 is 6.09 Å². The number of benzene rings is 2. The molecule has 0 bridgehead atoms. The average molecular weight is 653 g/mol. The van der Waals surface area contributed by atoms with Crippen LogP contribution in [0.3, 0.4) is 0 Å². The molecule has 10 nitrogen and oxygen atoms in total. The molecule has 0 saturated carbocycles. The topological polar surface area (TPSA) is 142 Å². The summed E-state index contributed by atoms with van der Waals surface area (Å²) in [5.41, 5.74) is 6.15. The lowest BCUT2D eigenvalue weighted by atomic mass is 9.78. The van der Waals surface area contributed by atoms with E-state index in [1.165, 1.54) is 4.90 Å². The van der Waals surface area contributed by atoms with E-state index in [4.69, 9.17) is 10.5 Å². The van der Waals surface area contributed by atoms with Gasteiger partial charge in [-0.1, -0.05) is 95.3 Å². The summed E-state index contributed by atoms with van der Waals surface area (Å²) in [5, 5.41) is 14.6. The molecule has 0 aliphatic rings. The Morgan fingerprint density at radius 3 is 1.87 bits per heavy atom. The largest absolute Gasteiger partial charge is 0.445 e. The van der Waals surface area contributed by atoms with Crippen molar-refractivity contribution < 1.29 is 29.0 Å². The average Bonchev–Trinajstić information content (AvgIpc) is 3.00. The summed E-state index contributed by atoms with van der Waals surface area (Å²) < 4.78 is 5.55. The number of aliphatic hydroxyl groups excluding tert-OH is 1. The molecule has 260 valence electrons. The molecular weight excluding hydrogens is 596 g/mol. The monoisotopic (exact) mass is 652 g/mol. The molecule has 2 aromatic rings. The minimum absolute atomic E-state index is 0.0549. The van der Waals surface area contributed by atoms with Crippen LogP contribution in [-0.4, -0.2) is 75.5 Å². The first kappa shape index (κ1) is 39.3. The van der Waals surface area contributed by atoms with Crippen LogP contribution in [0.2, 0.25) is 0 Å². The number of nitrogens with one attached hydrogen (secondary N) is 1. The Balaban J connectivity index is 2.31. The van der Waals surface area contributed by atoms with Crippen molar-refractivity contribution in [2.75, 3.05) is 13.1 Å². The second-order valence-corrected chi connectivity index (χ2v) is 14.3. The first-order valence-corrected chi connectivity index (χ1v) is 16.6. The zero-order chi connectivity index (χ0) is 35.4. The maximum atomic E-state index is 13.8. The number of amides is 4. The number of ether oxygens (including phenoxy) is 1. The van der Waals surface area contributed by atoms with Crippen LogP contribution in [0, 0.1) is 11.3 Å². The van der Waals surface area contributed by atoms with E-state index in [-0.39, 0.29) is 38.1 Å². The number of nitrogens with zero attached hydrogens (tertiary/aromatic N) is 2. The SMILES string of the molecule is CCC(CC)N(C[C@@H](O)[C@H](Cc1ccccc1)NC(=O)CN(C(=O)OCc1ccccc1)C(C)(C)C)C(=O)C[C@H](C(N)=O)C(C)(C)C. The number of nitrogens with two attached hydrogens (primary N) is 1. The van der Waals surface area contributed by atoms with Crippen LogP contribution < -0.4 is 11.1 Å². The summed E-state index contributed by atoms with van der Waals surface area (Å²) in [6.45, 7) is 14.7. The summed E-state index contributed by atoms with van der Waals surface area (Å²) in [6, 6.07) is 17.8. The zero-order valence-corrected chi connectivity index (χ0v) is 29.5. The molecule has 0 aromatic heterocycles. The minimum atomic E-state index is -1.15. The summed E-state index contributed by atoms with van der Waals surface area (Å²) >= 11 is 0. The quantitative estimate of drug-likeness (QED) is 0.231. The Kier molecular flexibility index (Phi) is 14.9. The van der Waals surface area contributed by atoms with Gasteiger partial charge in [-0.2, -0.15) is 0 Å². The van der Waals surface area contributed by atoms with Crippen LogP contribution in [0.5, 0.6) is 0 Å². The molecular formula is C37H56N4O6. The molecule has 4 N–H and O–H groups in total. The third-order valence-corrected chi connectivity index (χ3v) is 8.50. The van der Waals surface area contributed by atoms with E-state index in [9.17, 15) is 24.3 Å². The van der Waals surface area contributed by atoms with Crippen LogP contribution >= 0.6 is 0 Å². The molecule has 10 heteroatoms. The maximum Gasteiger partial charge on any atom is 0.411 e. The second kappa shape index (κ2) is 17.8. The van der Waals surface area contributed by atoms with Gasteiger partial charge < -0.3 is 25.8 Å². The molecule has 2 aromatic carbocycles. The predicted octanol–water partition coefficient (Wildman–Crippen LogP) is 5.07. The van der Waals surface area contributed by atoms with Gasteiger partial charge in [0.05, 0.1) is 18.1 Å². The maximum absolute atomic E-state index is 13.8. The van der Waals surface area contributed by atoms with Gasteiger partial charge in [0.15, 0.2) is 0 Å². The van der Waals surface area contributed by atoms with Gasteiger partial charge in [0.1, 0.15) is 13.2 Å². The lowest BCUT2D eigenvalue weighted by Crippen LogP contribution is -2.56. The van der Waals surface area contributed by atoms with E-state index >= 15 is 0 Å². The fourth-order valence-electron chi connectivity index (χ4n) is 5.56. The van der Waals surface area contributed by atoms with Gasteiger partial charge in [-0.15, -0.1) is 0 Å². The van der Waals surface area contributed by atoms with Crippen LogP contribution in [0.15, 0.2) is 60.7 Å². The molecule has 0 radical (unpaired) electrons. The highest BCUT2D eigenvalue weighted by atomic mass is 16.6. The molecule has 4 amide bonds. The molecule has 0 aliphatic carbocycles. The Morgan fingerprint density at radius 1 is 0.872 bits per heavy atom. The van der Waals surface area contributed by atoms with Crippen molar-refractivity contribution in [1.29, 1.82) is 0 Å². The van der Waals surface area contributed by atoms with E-state index in [0.717, 1.165) is 11.1 Å². The smallest absolute Gasteiger partial charge is 0.411 e. The molecule has 0 saturated heterocycles. The van der Waals surface area contributed by atoms with Gasteiger partial charge in [-0.25, -0.2) is 4.79 Å². The number of carbonyl (C=O) groups excluding carboxylic acids is 4. The first-order valence-electron chi connectivity index (χ1n) is 16.6. The molecule has 47 heavy (non-hydrogen) atoms. The summed E-state index contributed by atoms with van der Waals surface area (Å²) in [6.07, 6.45) is -0.286. The van der Waals surface area contributed by atoms with Crippen molar-refractivity contribution in [3.05, 3.63) is 71.8 Å². The van der Waals surface area contributed by atoms with Crippen LogP contribution in [0.25, 0.3) is 0 Å². The highest BCUT2D eigenvalue weighted by Crippen LogP contribution is 2.30. The first-order chi connectivity index (χ1) is 22.0. The number of hydrogen-bond acceptors (Lipinski definition) is 6. The van der Waals surface area contributed by atoms with Crippen LogP contribution in [-0.2, 0) is 32.1 Å². The highest BCUT2D eigenvalue weighted by molar-refractivity contribution is 5.86. The third kappa shape index (κ3) is 12.7. The normalized spacial score (nSPS) is 13.7. The highest BCUT2D eigenvalue weighted by Gasteiger charge is 2.36. The summed E-state index contributed by atoms with van der Waals surface area (Å²) in [5.74, 6) is -1.98. The molecule has 0 unspecified atom stereocenters. The number of rotatable bonds is 16. The Labute approximate surface area is 281 Å². The standard InChI is InChI=1S/C37H56N4O6/c1-9-28(10-2)40(33(44)22-29(34(38)45)36(3,4)5)23-31(42)30(21-26-17-13-11-14-18-26)39-32(43)24-41(37(6,7)8)35(46)47-25-27-19-15-12-16-20-27/h11-20,28-31,42H,9-10,21-25H2,1-8H3,(H2,38,45)(H,39,43)/t29-,30+,31-/m1/s1. The van der Waals surface area contributed by atoms with Gasteiger partial charge in [0.2, 0.25) is 17.7 Å². The number of carbonyl (C=O) groups is 4. The number of primary amides is 1. The van der Waals surface area contributed by atoms with Gasteiger partial charge in [-0.3, -0.25) is 19.3 Å². The molecule has 0 fully saturated rings. The lowest BCUT2D eigenvalue weighted by molar-refractivity contribution is -0.141. The van der Waals surface area contributed by atoms with Gasteiger partial charge in [0, 0.05) is 24.5 Å². The Morgan fingerprint density at radius 2 is 1.40 bits per heavy atom. The van der Waals surface area contributed by atoms with Crippen LogP contribution in [0.4, 0.5) is 4.79 Å². The zero-order valence-electron chi connectivity index (χ0n) is 29.5. The molecule has 2 rings (SSSR count). The van der Waals surface area contributed by atoms with Gasteiger partial charge in [0.25, 0.3) is 0 Å². The van der Waals surface area contributed by atoms with Crippen molar-refractivity contribution in [2.24, 2.45) is 17.1 Å². The number of aliphatic hydroxyl groups is 1. The molecule has 0 aliphatic heterocycles. The molecule has 0 heterocycles.